The van der Waals surface area contributed by atoms with Gasteiger partial charge in [0.05, 0.1) is 16.2 Å². The zero-order chi connectivity index (χ0) is 15.4. The zero-order valence-corrected chi connectivity index (χ0v) is 14.0. The Labute approximate surface area is 136 Å². The van der Waals surface area contributed by atoms with E-state index in [9.17, 15) is 0 Å². The van der Waals surface area contributed by atoms with Crippen molar-refractivity contribution in [1.29, 1.82) is 0 Å². The Kier molecular flexibility index (Phi) is 5.33. The SMILES string of the molecule is CC.CCc1cn(-c2ccccc2Cl)c2ccc(Cl)cc12. The number of nitrogens with zero attached hydrogens (tertiary/aromatic N) is 1. The van der Waals surface area contributed by atoms with E-state index in [4.69, 9.17) is 23.2 Å². The minimum Gasteiger partial charge on any atom is -0.315 e. The van der Waals surface area contributed by atoms with E-state index in [1.54, 1.807) is 0 Å². The van der Waals surface area contributed by atoms with Crippen molar-refractivity contribution < 1.29 is 0 Å². The van der Waals surface area contributed by atoms with Crippen LogP contribution in [0.15, 0.2) is 48.7 Å². The van der Waals surface area contributed by atoms with Gasteiger partial charge in [0.15, 0.2) is 0 Å². The lowest BCUT2D eigenvalue weighted by molar-refractivity contribution is 1.08. The molecule has 1 aromatic heterocycles. The minimum absolute atomic E-state index is 0.747. The van der Waals surface area contributed by atoms with Gasteiger partial charge in [0.1, 0.15) is 0 Å². The predicted octanol–water partition coefficient (Wildman–Crippen LogP) is 6.53. The van der Waals surface area contributed by atoms with Crippen LogP contribution in [-0.4, -0.2) is 4.57 Å². The fourth-order valence-corrected chi connectivity index (χ4v) is 2.80. The second-order valence-electron chi connectivity index (χ2n) is 4.49. The number of benzene rings is 2. The minimum atomic E-state index is 0.747. The molecule has 0 radical (unpaired) electrons. The standard InChI is InChI=1S/C16H13Cl2N.C2H6/c1-2-11-10-19(16-6-4-3-5-14(16)18)15-8-7-12(17)9-13(11)15;1-2/h3-10H,2H2,1H3;1-2H3. The van der Waals surface area contributed by atoms with Crippen LogP contribution in [0.25, 0.3) is 16.6 Å². The van der Waals surface area contributed by atoms with E-state index >= 15 is 0 Å². The van der Waals surface area contributed by atoms with Gasteiger partial charge in [-0.3, -0.25) is 0 Å². The maximum absolute atomic E-state index is 6.30. The van der Waals surface area contributed by atoms with Crippen molar-refractivity contribution in [2.75, 3.05) is 0 Å². The van der Waals surface area contributed by atoms with Crippen molar-refractivity contribution in [1.82, 2.24) is 4.57 Å². The van der Waals surface area contributed by atoms with E-state index in [1.807, 2.05) is 56.3 Å². The summed E-state index contributed by atoms with van der Waals surface area (Å²) in [5, 5.41) is 2.70. The lowest BCUT2D eigenvalue weighted by Gasteiger charge is -2.07. The molecule has 0 saturated carbocycles. The second-order valence-corrected chi connectivity index (χ2v) is 5.33. The van der Waals surface area contributed by atoms with Crippen LogP contribution in [0.5, 0.6) is 0 Å². The average Bonchev–Trinajstić information content (AvgIpc) is 2.87. The van der Waals surface area contributed by atoms with Crippen molar-refractivity contribution in [3.8, 4) is 5.69 Å². The van der Waals surface area contributed by atoms with Crippen LogP contribution in [0.1, 0.15) is 26.3 Å². The first kappa shape index (κ1) is 15.9. The number of aromatic nitrogens is 1. The van der Waals surface area contributed by atoms with Gasteiger partial charge < -0.3 is 4.57 Å². The normalized spacial score (nSPS) is 10.3. The Morgan fingerprint density at radius 3 is 2.38 bits per heavy atom. The average molecular weight is 320 g/mol. The highest BCUT2D eigenvalue weighted by Crippen LogP contribution is 2.30. The van der Waals surface area contributed by atoms with Crippen LogP contribution >= 0.6 is 23.2 Å². The van der Waals surface area contributed by atoms with Crippen LogP contribution in [-0.2, 0) is 6.42 Å². The summed E-state index contributed by atoms with van der Waals surface area (Å²) in [6, 6.07) is 13.8. The summed E-state index contributed by atoms with van der Waals surface area (Å²) < 4.78 is 2.13. The molecule has 0 unspecified atom stereocenters. The Balaban J connectivity index is 0.000000774. The fraction of sp³-hybridized carbons (Fsp3) is 0.222. The third-order valence-electron chi connectivity index (χ3n) is 3.34. The van der Waals surface area contributed by atoms with E-state index in [1.165, 1.54) is 10.9 Å². The van der Waals surface area contributed by atoms with Crippen molar-refractivity contribution in [3.63, 3.8) is 0 Å². The Bertz CT molecular complexity index is 744. The highest BCUT2D eigenvalue weighted by Gasteiger charge is 2.10. The summed E-state index contributed by atoms with van der Waals surface area (Å²) in [5.74, 6) is 0. The van der Waals surface area contributed by atoms with Crippen LogP contribution in [0.4, 0.5) is 0 Å². The first-order chi connectivity index (χ1) is 10.2. The van der Waals surface area contributed by atoms with Crippen molar-refractivity contribution in [2.24, 2.45) is 0 Å². The van der Waals surface area contributed by atoms with Crippen LogP contribution in [0, 0.1) is 0 Å². The van der Waals surface area contributed by atoms with Crippen LogP contribution in [0.3, 0.4) is 0 Å². The molecule has 0 N–H and O–H groups in total. The summed E-state index contributed by atoms with van der Waals surface area (Å²) in [7, 11) is 0. The van der Waals surface area contributed by atoms with Gasteiger partial charge in [-0.1, -0.05) is 56.1 Å². The third-order valence-corrected chi connectivity index (χ3v) is 3.90. The summed E-state index contributed by atoms with van der Waals surface area (Å²) in [4.78, 5) is 0. The molecule has 0 aliphatic rings. The van der Waals surface area contributed by atoms with E-state index in [-0.39, 0.29) is 0 Å². The molecule has 0 amide bonds. The van der Waals surface area contributed by atoms with E-state index < -0.39 is 0 Å². The van der Waals surface area contributed by atoms with Gasteiger partial charge in [-0.15, -0.1) is 0 Å². The summed E-state index contributed by atoms with van der Waals surface area (Å²) in [6.45, 7) is 6.15. The first-order valence-electron chi connectivity index (χ1n) is 7.25. The maximum Gasteiger partial charge on any atom is 0.0646 e. The van der Waals surface area contributed by atoms with Gasteiger partial charge >= 0.3 is 0 Å². The number of halogens is 2. The van der Waals surface area contributed by atoms with Gasteiger partial charge in [-0.05, 0) is 42.3 Å². The summed E-state index contributed by atoms with van der Waals surface area (Å²) in [5.41, 5.74) is 3.41. The Hall–Kier alpha value is -1.44. The smallest absolute Gasteiger partial charge is 0.0646 e. The molecule has 1 nitrogen and oxygen atoms in total. The number of para-hydroxylation sites is 1. The van der Waals surface area contributed by atoms with Gasteiger partial charge in [-0.25, -0.2) is 0 Å². The van der Waals surface area contributed by atoms with Crippen LogP contribution < -0.4 is 0 Å². The Morgan fingerprint density at radius 1 is 1.00 bits per heavy atom. The number of rotatable bonds is 2. The lowest BCUT2D eigenvalue weighted by atomic mass is 10.1. The fourth-order valence-electron chi connectivity index (χ4n) is 2.40. The molecule has 110 valence electrons. The highest BCUT2D eigenvalue weighted by atomic mass is 35.5. The van der Waals surface area contributed by atoms with Crippen molar-refractivity contribution in [2.45, 2.75) is 27.2 Å². The summed E-state index contributed by atoms with van der Waals surface area (Å²) >= 11 is 12.4. The molecule has 3 heteroatoms. The number of hydrogen-bond donors (Lipinski definition) is 0. The molecule has 0 aliphatic heterocycles. The van der Waals surface area contributed by atoms with Crippen molar-refractivity contribution in [3.05, 3.63) is 64.3 Å². The third kappa shape index (κ3) is 3.09. The van der Waals surface area contributed by atoms with E-state index in [0.717, 1.165) is 27.7 Å². The zero-order valence-electron chi connectivity index (χ0n) is 12.5. The topological polar surface area (TPSA) is 4.93 Å². The first-order valence-corrected chi connectivity index (χ1v) is 8.00. The number of fused-ring (bicyclic) bond motifs is 1. The van der Waals surface area contributed by atoms with Gasteiger partial charge in [-0.2, -0.15) is 0 Å². The molecule has 0 spiro atoms. The molecule has 0 bridgehead atoms. The molecule has 2 aromatic carbocycles. The molecule has 0 fully saturated rings. The second kappa shape index (κ2) is 7.02. The van der Waals surface area contributed by atoms with Gasteiger partial charge in [0.25, 0.3) is 0 Å². The summed E-state index contributed by atoms with van der Waals surface area (Å²) in [6.07, 6.45) is 3.11. The van der Waals surface area contributed by atoms with Gasteiger partial charge in [0.2, 0.25) is 0 Å². The molecule has 3 aromatic rings. The lowest BCUT2D eigenvalue weighted by Crippen LogP contribution is -1.92. The monoisotopic (exact) mass is 319 g/mol. The molecule has 1 heterocycles. The molecule has 21 heavy (non-hydrogen) atoms. The molecule has 0 saturated heterocycles. The van der Waals surface area contributed by atoms with E-state index in [2.05, 4.69) is 17.7 Å². The highest BCUT2D eigenvalue weighted by molar-refractivity contribution is 6.32. The largest absolute Gasteiger partial charge is 0.315 e. The maximum atomic E-state index is 6.30. The molecule has 0 aliphatic carbocycles. The number of aryl methyl sites for hydroxylation is 1. The quantitative estimate of drug-likeness (QED) is 0.506. The van der Waals surface area contributed by atoms with Gasteiger partial charge in [0, 0.05) is 16.6 Å². The van der Waals surface area contributed by atoms with E-state index in [0.29, 0.717) is 0 Å². The van der Waals surface area contributed by atoms with Crippen LogP contribution in [0.2, 0.25) is 10.0 Å². The molecular formula is C18H19Cl2N. The van der Waals surface area contributed by atoms with Crippen molar-refractivity contribution >= 4 is 34.1 Å². The number of hydrogen-bond acceptors (Lipinski definition) is 0. The Morgan fingerprint density at radius 2 is 1.71 bits per heavy atom. The molecule has 0 atom stereocenters. The molecule has 3 rings (SSSR count). The molecular weight excluding hydrogens is 301 g/mol. The predicted molar refractivity (Wildman–Crippen MR) is 94.0 cm³/mol.